The number of rotatable bonds is 4. The standard InChI is InChI=1S/C27H24O.C23H16O.C23H14O.C11H16O.C8H6Br4/c1-27(2,3)28-26-24-20-12-16-8-4-5-9-17(16)13-21(20)25(26)23-15-19-11-7-6-10-18(19)14-22(23)24;2*24-23-21-17-9-13-5-1-2-6-14(13)10-18(17)22(23)20-12-16-8-4-3-7-15(16)11-19(20)21;1-11(2,3)12-10-8-4-5-9(10)7-6-8;9-7(10)5-3-1-2-4-6(5)8(11)12/h4-15,24-26H,1-3H3;1-12,21-24H;1-12,21-22H;4-10H,1-3H3;1-4,7-8H. The van der Waals surface area contributed by atoms with E-state index in [9.17, 15) is 9.90 Å². The molecule has 8 aliphatic rings. The van der Waals surface area contributed by atoms with Crippen LogP contribution in [-0.4, -0.2) is 40.4 Å². The summed E-state index contributed by atoms with van der Waals surface area (Å²) in [6.45, 7) is 12.9. The Labute approximate surface area is 619 Å². The van der Waals surface area contributed by atoms with Crippen molar-refractivity contribution in [1.82, 2.24) is 0 Å². The van der Waals surface area contributed by atoms with E-state index in [0.717, 1.165) is 0 Å². The number of hydrogen-bond donors (Lipinski definition) is 1. The van der Waals surface area contributed by atoms with E-state index in [1.807, 2.05) is 12.1 Å². The molecule has 0 heterocycles. The van der Waals surface area contributed by atoms with Crippen molar-refractivity contribution < 1.29 is 19.4 Å². The van der Waals surface area contributed by atoms with Gasteiger partial charge in [0.15, 0.2) is 5.78 Å². The number of hydrogen-bond acceptors (Lipinski definition) is 4. The molecule has 13 aromatic carbocycles. The lowest BCUT2D eigenvalue weighted by Crippen LogP contribution is -2.31. The van der Waals surface area contributed by atoms with Crippen molar-refractivity contribution in [2.24, 2.45) is 11.8 Å². The van der Waals surface area contributed by atoms with Crippen LogP contribution in [0.15, 0.2) is 267 Å². The van der Waals surface area contributed by atoms with Gasteiger partial charge in [-0.3, -0.25) is 4.79 Å². The smallest absolute Gasteiger partial charge is 0.156 e. The van der Waals surface area contributed by atoms with Crippen molar-refractivity contribution in [2.45, 2.75) is 114 Å². The van der Waals surface area contributed by atoms with Gasteiger partial charge in [0.2, 0.25) is 0 Å². The number of aliphatic hydroxyl groups excluding tert-OH is 1. The maximum Gasteiger partial charge on any atom is 0.156 e. The monoisotopic (exact) mass is 1560 g/mol. The number of aliphatic hydroxyl groups is 1. The summed E-state index contributed by atoms with van der Waals surface area (Å²) < 4.78 is 13.1. The lowest BCUT2D eigenvalue weighted by Gasteiger charge is -2.28. The molecule has 0 saturated heterocycles. The Morgan fingerprint density at radius 3 is 0.720 bits per heavy atom. The van der Waals surface area contributed by atoms with Crippen molar-refractivity contribution >= 4 is 134 Å². The number of carbonyl (C=O) groups excluding carboxylic acids is 1. The SMILES string of the molecule is BrC(Br)c1ccccc1C(Br)Br.CC(C)(C)OC1C2C=CC1C=C2.CC(C)(C)OC1C2c3cc4ccccc4cc3C1c1cc3ccccc3cc12.O=C1C2c3cc4ccccc4cc3C1c1cc3ccccc3cc12.OC1C2c3cc4ccccc4cc3C1c1cc3ccccc3cc12. The van der Waals surface area contributed by atoms with Crippen molar-refractivity contribution in [3.05, 3.63) is 345 Å². The van der Waals surface area contributed by atoms with Crippen LogP contribution in [0, 0.1) is 11.8 Å². The third kappa shape index (κ3) is 11.6. The predicted octanol–water partition coefficient (Wildman–Crippen LogP) is 24.7. The van der Waals surface area contributed by atoms with Crippen molar-refractivity contribution in [3.8, 4) is 0 Å². The topological polar surface area (TPSA) is 55.8 Å². The summed E-state index contributed by atoms with van der Waals surface area (Å²) in [5.74, 6) is 2.16. The molecule has 8 aliphatic carbocycles. The minimum atomic E-state index is -0.330. The second-order valence-electron chi connectivity index (χ2n) is 30.2. The molecular weight excluding hydrogens is 1490 g/mol. The number of Topliss-reactive ketones (excluding diaryl/α,β-unsaturated/α-hetero) is 1. The summed E-state index contributed by atoms with van der Waals surface area (Å²) in [4.78, 5) is 13.0. The van der Waals surface area contributed by atoms with Gasteiger partial charge >= 0.3 is 0 Å². The maximum atomic E-state index is 13.0. The highest BCUT2D eigenvalue weighted by Gasteiger charge is 2.53. The molecule has 8 bridgehead atoms. The third-order valence-electron chi connectivity index (χ3n) is 21.9. The number of benzene rings is 13. The Bertz CT molecular complexity index is 4930. The van der Waals surface area contributed by atoms with Crippen LogP contribution in [-0.2, 0) is 14.3 Å². The van der Waals surface area contributed by atoms with E-state index >= 15 is 0 Å². The van der Waals surface area contributed by atoms with Gasteiger partial charge in [-0.05, 0) is 208 Å². The maximum absolute atomic E-state index is 13.0. The third-order valence-corrected chi connectivity index (χ3v) is 23.8. The van der Waals surface area contributed by atoms with Crippen molar-refractivity contribution in [1.29, 1.82) is 0 Å². The van der Waals surface area contributed by atoms with Gasteiger partial charge in [-0.2, -0.15) is 0 Å². The second kappa shape index (κ2) is 25.7. The van der Waals surface area contributed by atoms with E-state index in [4.69, 9.17) is 9.47 Å². The Morgan fingerprint density at radius 2 is 0.500 bits per heavy atom. The largest absolute Gasteiger partial charge is 0.391 e. The first-order valence-corrected chi connectivity index (χ1v) is 38.7. The molecule has 13 aromatic rings. The lowest BCUT2D eigenvalue weighted by molar-refractivity contribution is -0.118. The van der Waals surface area contributed by atoms with E-state index in [2.05, 4.69) is 360 Å². The van der Waals surface area contributed by atoms with Crippen LogP contribution in [0.4, 0.5) is 0 Å². The molecule has 0 aliphatic heterocycles. The molecule has 0 unspecified atom stereocenters. The quantitative estimate of drug-likeness (QED) is 0.141. The number of ether oxygens (including phenoxy) is 2. The van der Waals surface area contributed by atoms with Gasteiger partial charge in [0.05, 0.1) is 48.8 Å². The first kappa shape index (κ1) is 65.7. The Morgan fingerprint density at radius 1 is 0.300 bits per heavy atom. The summed E-state index contributed by atoms with van der Waals surface area (Å²) in [6.07, 6.45) is 9.23. The first-order valence-electron chi connectivity index (χ1n) is 35.1. The molecule has 21 rings (SSSR count). The van der Waals surface area contributed by atoms with Gasteiger partial charge in [0.25, 0.3) is 0 Å². The van der Waals surface area contributed by atoms with Crippen LogP contribution in [0.3, 0.4) is 0 Å². The van der Waals surface area contributed by atoms with Gasteiger partial charge in [-0.1, -0.05) is 306 Å². The highest BCUT2D eigenvalue weighted by Crippen LogP contribution is 2.61. The van der Waals surface area contributed by atoms with Crippen LogP contribution < -0.4 is 0 Å². The van der Waals surface area contributed by atoms with E-state index in [-0.39, 0.29) is 54.6 Å². The summed E-state index contributed by atoms with van der Waals surface area (Å²) in [6, 6.07) is 87.1. The fourth-order valence-corrected chi connectivity index (χ4v) is 19.4. The zero-order valence-electron chi connectivity index (χ0n) is 56.6. The minimum Gasteiger partial charge on any atom is -0.391 e. The van der Waals surface area contributed by atoms with Crippen LogP contribution >= 0.6 is 63.7 Å². The molecule has 0 spiro atoms. The van der Waals surface area contributed by atoms with Gasteiger partial charge in [0, 0.05) is 35.5 Å². The summed E-state index contributed by atoms with van der Waals surface area (Å²) in [5, 5.41) is 26.2. The molecule has 0 amide bonds. The molecule has 100 heavy (non-hydrogen) atoms. The first-order chi connectivity index (χ1) is 48.3. The highest BCUT2D eigenvalue weighted by molar-refractivity contribution is 9.24. The fraction of sp³-hybridized carbons (Fsp3) is 0.228. The average Bonchev–Trinajstić information content (AvgIpc) is 1.55. The molecule has 4 nitrogen and oxygen atoms in total. The second-order valence-corrected chi connectivity index (χ2v) is 36.3. The lowest BCUT2D eigenvalue weighted by atomic mass is 9.83. The van der Waals surface area contributed by atoms with Gasteiger partial charge in [-0.15, -0.1) is 0 Å². The Hall–Kier alpha value is -7.63. The molecule has 0 radical (unpaired) electrons. The average molecular weight is 1570 g/mol. The fourth-order valence-electron chi connectivity index (χ4n) is 17.8. The van der Waals surface area contributed by atoms with Crippen LogP contribution in [0.2, 0.25) is 0 Å². The molecule has 0 saturated carbocycles. The van der Waals surface area contributed by atoms with E-state index < -0.39 is 0 Å². The van der Waals surface area contributed by atoms with Gasteiger partial charge in [-0.25, -0.2) is 0 Å². The van der Waals surface area contributed by atoms with E-state index in [1.165, 1.54) is 143 Å². The number of ketones is 1. The Kier molecular flexibility index (Phi) is 16.9. The normalized spacial score (nSPS) is 22.9. The van der Waals surface area contributed by atoms with Crippen molar-refractivity contribution in [2.75, 3.05) is 0 Å². The molecular formula is C92H76Br4O4. The number of halogens is 4. The number of fused-ring (bicyclic) bond motifs is 32. The molecule has 8 heteroatoms. The van der Waals surface area contributed by atoms with Crippen molar-refractivity contribution in [3.63, 3.8) is 0 Å². The summed E-state index contributed by atoms with van der Waals surface area (Å²) in [7, 11) is 0. The molecule has 0 aromatic heterocycles. The minimum absolute atomic E-state index is 0.0147. The number of carbonyl (C=O) groups is 1. The van der Waals surface area contributed by atoms with E-state index in [0.29, 0.717) is 35.6 Å². The van der Waals surface area contributed by atoms with Gasteiger partial charge in [0.1, 0.15) is 0 Å². The predicted molar refractivity (Wildman–Crippen MR) is 428 cm³/mol. The molecule has 0 fully saturated rings. The van der Waals surface area contributed by atoms with Gasteiger partial charge < -0.3 is 14.6 Å². The van der Waals surface area contributed by atoms with Crippen LogP contribution in [0.5, 0.6) is 0 Å². The van der Waals surface area contributed by atoms with E-state index in [1.54, 1.807) is 0 Å². The zero-order chi connectivity index (χ0) is 68.6. The Balaban J connectivity index is 0.0000000970. The molecule has 0 atom stereocenters. The molecule has 496 valence electrons. The van der Waals surface area contributed by atoms with Crippen LogP contribution in [0.1, 0.15) is 162 Å². The highest BCUT2D eigenvalue weighted by atomic mass is 79.9. The summed E-state index contributed by atoms with van der Waals surface area (Å²) in [5.41, 5.74) is 18.2. The summed E-state index contributed by atoms with van der Waals surface area (Å²) >= 11 is 13.9. The molecule has 1 N–H and O–H groups in total. The zero-order valence-corrected chi connectivity index (χ0v) is 62.9. The van der Waals surface area contributed by atoms with Crippen LogP contribution in [0.25, 0.3) is 64.6 Å². The number of alkyl halides is 4.